The van der Waals surface area contributed by atoms with Gasteiger partial charge in [-0.1, -0.05) is 6.07 Å². The van der Waals surface area contributed by atoms with Crippen LogP contribution in [-0.2, 0) is 22.4 Å². The van der Waals surface area contributed by atoms with E-state index in [-0.39, 0.29) is 18.2 Å². The number of carbonyl (C=O) groups excluding carboxylic acids is 1. The molecule has 0 aromatic heterocycles. The Labute approximate surface area is 130 Å². The molecule has 3 nitrogen and oxygen atoms in total. The van der Waals surface area contributed by atoms with Gasteiger partial charge in [0.25, 0.3) is 0 Å². The van der Waals surface area contributed by atoms with E-state index >= 15 is 0 Å². The molecule has 0 bridgehead atoms. The van der Waals surface area contributed by atoms with Gasteiger partial charge in [-0.05, 0) is 48.9 Å². The van der Waals surface area contributed by atoms with Crippen LogP contribution in [0, 0.1) is 5.41 Å². The summed E-state index contributed by atoms with van der Waals surface area (Å²) in [5.41, 5.74) is 2.23. The Kier molecular flexibility index (Phi) is 4.48. The van der Waals surface area contributed by atoms with Crippen LogP contribution in [0.3, 0.4) is 0 Å². The van der Waals surface area contributed by atoms with Gasteiger partial charge in [-0.3, -0.25) is 9.18 Å². The maximum atomic E-state index is 12.6. The summed E-state index contributed by atoms with van der Waals surface area (Å²) in [6.07, 6.45) is 4.52. The fourth-order valence-electron chi connectivity index (χ4n) is 3.74. The Morgan fingerprint density at radius 2 is 2.14 bits per heavy atom. The lowest BCUT2D eigenvalue weighted by molar-refractivity contribution is -0.135. The molecule has 2 aliphatic rings. The van der Waals surface area contributed by atoms with E-state index in [4.69, 9.17) is 9.47 Å². The summed E-state index contributed by atoms with van der Waals surface area (Å²) in [6.45, 7) is 0.0398. The van der Waals surface area contributed by atoms with Crippen LogP contribution in [0.15, 0.2) is 18.2 Å². The summed E-state index contributed by atoms with van der Waals surface area (Å²) < 4.78 is 23.0. The van der Waals surface area contributed by atoms with Gasteiger partial charge in [0.05, 0.1) is 19.4 Å². The molecule has 120 valence electrons. The first-order chi connectivity index (χ1) is 10.7. The number of ketones is 1. The van der Waals surface area contributed by atoms with Crippen molar-refractivity contribution in [1.82, 2.24) is 0 Å². The van der Waals surface area contributed by atoms with Crippen LogP contribution in [0.25, 0.3) is 0 Å². The number of alkyl halides is 1. The lowest BCUT2D eigenvalue weighted by Gasteiger charge is -2.35. The van der Waals surface area contributed by atoms with Gasteiger partial charge >= 0.3 is 0 Å². The fraction of sp³-hybridized carbons (Fsp3) is 0.611. The van der Waals surface area contributed by atoms with Crippen molar-refractivity contribution < 1.29 is 18.7 Å². The van der Waals surface area contributed by atoms with Gasteiger partial charge in [0, 0.05) is 25.4 Å². The van der Waals surface area contributed by atoms with Gasteiger partial charge in [-0.15, -0.1) is 0 Å². The second kappa shape index (κ2) is 6.37. The molecule has 0 aliphatic heterocycles. The summed E-state index contributed by atoms with van der Waals surface area (Å²) >= 11 is 0. The summed E-state index contributed by atoms with van der Waals surface area (Å²) in [5, 5.41) is 0. The smallest absolute Gasteiger partial charge is 0.142 e. The first-order valence-corrected chi connectivity index (χ1v) is 8.03. The lowest BCUT2D eigenvalue weighted by Crippen LogP contribution is -2.40. The second-order valence-corrected chi connectivity index (χ2v) is 6.48. The molecular formula is C18H23FO3. The van der Waals surface area contributed by atoms with Gasteiger partial charge in [0.1, 0.15) is 11.5 Å². The molecule has 0 saturated heterocycles. The van der Waals surface area contributed by atoms with E-state index in [2.05, 4.69) is 6.07 Å². The number of rotatable bonds is 5. The minimum absolute atomic E-state index is 0.0847. The minimum Gasteiger partial charge on any atom is -0.493 e. The number of benzene rings is 1. The first-order valence-electron chi connectivity index (χ1n) is 8.03. The molecule has 2 atom stereocenters. The molecule has 1 saturated carbocycles. The van der Waals surface area contributed by atoms with Crippen molar-refractivity contribution in [3.05, 3.63) is 29.3 Å². The van der Waals surface area contributed by atoms with Crippen molar-refractivity contribution in [2.24, 2.45) is 5.41 Å². The quantitative estimate of drug-likeness (QED) is 0.783. The topological polar surface area (TPSA) is 35.5 Å². The fourth-order valence-corrected chi connectivity index (χ4v) is 3.74. The van der Waals surface area contributed by atoms with Crippen molar-refractivity contribution in [3.63, 3.8) is 0 Å². The molecule has 0 heterocycles. The van der Waals surface area contributed by atoms with Crippen LogP contribution in [0.4, 0.5) is 4.39 Å². The van der Waals surface area contributed by atoms with E-state index < -0.39 is 0 Å². The normalized spacial score (nSPS) is 27.2. The summed E-state index contributed by atoms with van der Waals surface area (Å²) in [7, 11) is 1.68. The second-order valence-electron chi connectivity index (χ2n) is 6.48. The first kappa shape index (κ1) is 15.5. The average molecular weight is 306 g/mol. The highest BCUT2D eigenvalue weighted by atomic mass is 19.1. The summed E-state index contributed by atoms with van der Waals surface area (Å²) in [4.78, 5) is 12.6. The predicted molar refractivity (Wildman–Crippen MR) is 82.0 cm³/mol. The third kappa shape index (κ3) is 2.89. The van der Waals surface area contributed by atoms with E-state index in [1.54, 1.807) is 7.11 Å². The number of halogens is 1. The summed E-state index contributed by atoms with van der Waals surface area (Å²) in [6, 6.07) is 6.02. The molecular weight excluding hydrogens is 283 g/mol. The standard InChI is InChI=1S/C18H23FO3/c1-21-15-5-6-18(17(20)10-15)11-13-3-4-16(9-14(13)12-18)22-8-2-7-19/h3-4,9,15H,2,5-8,10-12H2,1H3. The van der Waals surface area contributed by atoms with Crippen LogP contribution < -0.4 is 4.74 Å². The molecule has 0 N–H and O–H groups in total. The van der Waals surface area contributed by atoms with Crippen molar-refractivity contribution >= 4 is 5.78 Å². The number of hydrogen-bond donors (Lipinski definition) is 0. The molecule has 3 rings (SSSR count). The maximum absolute atomic E-state index is 12.6. The molecule has 0 amide bonds. The zero-order valence-corrected chi connectivity index (χ0v) is 13.1. The maximum Gasteiger partial charge on any atom is 0.142 e. The highest BCUT2D eigenvalue weighted by molar-refractivity contribution is 5.87. The zero-order chi connectivity index (χ0) is 15.6. The van der Waals surface area contributed by atoms with Gasteiger partial charge in [0.2, 0.25) is 0 Å². The largest absolute Gasteiger partial charge is 0.493 e. The van der Waals surface area contributed by atoms with Crippen molar-refractivity contribution in [3.8, 4) is 5.75 Å². The number of Topliss-reactive ketones (excluding diaryl/α,β-unsaturated/α-hetero) is 1. The highest BCUT2D eigenvalue weighted by Gasteiger charge is 2.46. The average Bonchev–Trinajstić information content (AvgIpc) is 2.89. The van der Waals surface area contributed by atoms with Gasteiger partial charge in [0.15, 0.2) is 0 Å². The van der Waals surface area contributed by atoms with Gasteiger partial charge < -0.3 is 9.47 Å². The molecule has 1 spiro atoms. The van der Waals surface area contributed by atoms with Gasteiger partial charge in [-0.2, -0.15) is 0 Å². The van der Waals surface area contributed by atoms with Crippen molar-refractivity contribution in [2.75, 3.05) is 20.4 Å². The van der Waals surface area contributed by atoms with Gasteiger partial charge in [-0.25, -0.2) is 0 Å². The third-order valence-electron chi connectivity index (χ3n) is 5.06. The molecule has 1 fully saturated rings. The molecule has 1 aromatic carbocycles. The Morgan fingerprint density at radius 3 is 2.86 bits per heavy atom. The number of methoxy groups -OCH3 is 1. The van der Waals surface area contributed by atoms with Crippen molar-refractivity contribution in [2.45, 2.75) is 44.6 Å². The molecule has 1 aromatic rings. The Morgan fingerprint density at radius 1 is 1.32 bits per heavy atom. The Bertz CT molecular complexity index is 557. The van der Waals surface area contributed by atoms with E-state index in [1.807, 2.05) is 12.1 Å². The Balaban J connectivity index is 1.71. The van der Waals surface area contributed by atoms with E-state index in [1.165, 1.54) is 11.1 Å². The van der Waals surface area contributed by atoms with Crippen LogP contribution in [0.5, 0.6) is 5.75 Å². The number of fused-ring (bicyclic) bond motifs is 1. The predicted octanol–water partition coefficient (Wildman–Crippen LogP) is 3.28. The lowest BCUT2D eigenvalue weighted by atomic mass is 9.70. The minimum atomic E-state index is -0.358. The molecule has 2 aliphatic carbocycles. The number of hydrogen-bond acceptors (Lipinski definition) is 3. The van der Waals surface area contributed by atoms with Crippen LogP contribution in [0.1, 0.15) is 36.8 Å². The van der Waals surface area contributed by atoms with E-state index in [0.29, 0.717) is 25.2 Å². The van der Waals surface area contributed by atoms with Crippen molar-refractivity contribution in [1.29, 1.82) is 0 Å². The van der Waals surface area contributed by atoms with E-state index in [9.17, 15) is 9.18 Å². The SMILES string of the molecule is COC1CCC2(Cc3ccc(OCCCF)cc3C2)C(=O)C1. The third-order valence-corrected chi connectivity index (χ3v) is 5.06. The monoisotopic (exact) mass is 306 g/mol. The molecule has 2 unspecified atom stereocenters. The van der Waals surface area contributed by atoms with E-state index in [0.717, 1.165) is 31.4 Å². The zero-order valence-electron chi connectivity index (χ0n) is 13.1. The molecule has 22 heavy (non-hydrogen) atoms. The number of carbonyl (C=O) groups is 1. The number of ether oxygens (including phenoxy) is 2. The van der Waals surface area contributed by atoms with Crippen LogP contribution in [0.2, 0.25) is 0 Å². The Hall–Kier alpha value is -1.42. The molecule has 0 radical (unpaired) electrons. The molecule has 4 heteroatoms. The summed E-state index contributed by atoms with van der Waals surface area (Å²) in [5.74, 6) is 1.11. The highest BCUT2D eigenvalue weighted by Crippen LogP contribution is 2.46. The van der Waals surface area contributed by atoms with Crippen LogP contribution in [-0.4, -0.2) is 32.3 Å². The van der Waals surface area contributed by atoms with Crippen LogP contribution >= 0.6 is 0 Å².